The molecule has 0 N–H and O–H groups in total. The van der Waals surface area contributed by atoms with E-state index >= 15 is 0 Å². The van der Waals surface area contributed by atoms with Crippen molar-refractivity contribution >= 4 is 16.2 Å². The molecule has 1 aliphatic heterocycles. The van der Waals surface area contributed by atoms with Gasteiger partial charge >= 0.3 is 6.09 Å². The van der Waals surface area contributed by atoms with Gasteiger partial charge in [-0.05, 0) is 13.3 Å². The molecule has 21 heavy (non-hydrogen) atoms. The fourth-order valence-corrected chi connectivity index (χ4v) is 2.51. The van der Waals surface area contributed by atoms with Crippen LogP contribution in [0.25, 0.3) is 0 Å². The highest BCUT2D eigenvalue weighted by molar-refractivity contribution is 7.85. The number of amides is 1. The molecule has 0 aliphatic carbocycles. The van der Waals surface area contributed by atoms with Crippen LogP contribution in [0.2, 0.25) is 0 Å². The van der Waals surface area contributed by atoms with Gasteiger partial charge in [-0.15, -0.1) is 0 Å². The van der Waals surface area contributed by atoms with Crippen LogP contribution in [0.3, 0.4) is 0 Å². The van der Waals surface area contributed by atoms with E-state index in [1.807, 2.05) is 13.8 Å². The van der Waals surface area contributed by atoms with Gasteiger partial charge in [0.1, 0.15) is 0 Å². The summed E-state index contributed by atoms with van der Waals surface area (Å²) in [5, 5.41) is 0. The van der Waals surface area contributed by atoms with Crippen molar-refractivity contribution in [3.8, 4) is 0 Å². The van der Waals surface area contributed by atoms with Gasteiger partial charge in [0.25, 0.3) is 10.1 Å². The lowest BCUT2D eigenvalue weighted by Gasteiger charge is -2.37. The lowest BCUT2D eigenvalue weighted by atomic mass is 10.2. The maximum atomic E-state index is 11.8. The average Bonchev–Trinajstić information content (AvgIpc) is 2.44. The van der Waals surface area contributed by atoms with Crippen LogP contribution < -0.4 is 0 Å². The Kier molecular flexibility index (Phi) is 7.41. The Balaban J connectivity index is 2.29. The number of nitrogens with zero attached hydrogens (tertiary/aromatic N) is 2. The van der Waals surface area contributed by atoms with Gasteiger partial charge in [0.2, 0.25) is 0 Å². The summed E-state index contributed by atoms with van der Waals surface area (Å²) in [6.45, 7) is 7.14. The standard InChI is InChI=1S/C13H26N2O5S/c1-4-5-10-19-13(16)15-8-6-14(7-9-15)12(2)11-20-21(3,17)18/h12H,4-11H2,1-3H3. The molecule has 8 heteroatoms. The molecule has 1 saturated heterocycles. The molecule has 0 spiro atoms. The monoisotopic (exact) mass is 322 g/mol. The van der Waals surface area contributed by atoms with Crippen molar-refractivity contribution in [2.75, 3.05) is 45.6 Å². The number of ether oxygens (including phenoxy) is 1. The molecule has 0 aromatic heterocycles. The lowest BCUT2D eigenvalue weighted by molar-refractivity contribution is 0.0570. The van der Waals surface area contributed by atoms with Gasteiger partial charge in [0.15, 0.2) is 0 Å². The summed E-state index contributed by atoms with van der Waals surface area (Å²) in [6, 6.07) is -0.00186. The van der Waals surface area contributed by atoms with Gasteiger partial charge in [0, 0.05) is 32.2 Å². The predicted octanol–water partition coefficient (Wildman–Crippen LogP) is 0.905. The number of carbonyl (C=O) groups excluding carboxylic acids is 1. The van der Waals surface area contributed by atoms with E-state index in [4.69, 9.17) is 8.92 Å². The van der Waals surface area contributed by atoms with E-state index in [0.29, 0.717) is 32.8 Å². The molecule has 0 aromatic rings. The first kappa shape index (κ1) is 18.2. The third-order valence-corrected chi connectivity index (χ3v) is 4.01. The highest BCUT2D eigenvalue weighted by Crippen LogP contribution is 2.09. The molecule has 1 heterocycles. The van der Waals surface area contributed by atoms with Crippen molar-refractivity contribution in [2.45, 2.75) is 32.7 Å². The fourth-order valence-electron chi connectivity index (χ4n) is 2.07. The maximum absolute atomic E-state index is 11.8. The third-order valence-electron chi connectivity index (χ3n) is 3.44. The Bertz CT molecular complexity index is 418. The zero-order chi connectivity index (χ0) is 15.9. The van der Waals surface area contributed by atoms with Gasteiger partial charge in [-0.2, -0.15) is 8.42 Å². The van der Waals surface area contributed by atoms with Crippen LogP contribution in [0, 0.1) is 0 Å². The van der Waals surface area contributed by atoms with Crippen molar-refractivity contribution in [1.82, 2.24) is 9.80 Å². The van der Waals surface area contributed by atoms with E-state index in [1.165, 1.54) is 0 Å². The molecule has 1 aliphatic rings. The first-order chi connectivity index (χ1) is 9.83. The second kappa shape index (κ2) is 8.55. The highest BCUT2D eigenvalue weighted by Gasteiger charge is 2.25. The SMILES string of the molecule is CCCCOC(=O)N1CCN(C(C)COS(C)(=O)=O)CC1. The van der Waals surface area contributed by atoms with Crippen molar-refractivity contribution in [3.63, 3.8) is 0 Å². The summed E-state index contributed by atoms with van der Waals surface area (Å²) >= 11 is 0. The lowest BCUT2D eigenvalue weighted by Crippen LogP contribution is -2.52. The topological polar surface area (TPSA) is 76.2 Å². The number of hydrogen-bond donors (Lipinski definition) is 0. The first-order valence-electron chi connectivity index (χ1n) is 7.33. The molecule has 1 rings (SSSR count). The van der Waals surface area contributed by atoms with Gasteiger partial charge in [-0.3, -0.25) is 9.08 Å². The van der Waals surface area contributed by atoms with Crippen LogP contribution in [0.5, 0.6) is 0 Å². The molecule has 1 unspecified atom stereocenters. The van der Waals surface area contributed by atoms with Gasteiger partial charge in [-0.25, -0.2) is 4.79 Å². The molecule has 0 saturated carbocycles. The summed E-state index contributed by atoms with van der Waals surface area (Å²) < 4.78 is 31.9. The van der Waals surface area contributed by atoms with Crippen LogP contribution in [0.15, 0.2) is 0 Å². The summed E-state index contributed by atoms with van der Waals surface area (Å²) in [4.78, 5) is 15.6. The fraction of sp³-hybridized carbons (Fsp3) is 0.923. The second-order valence-electron chi connectivity index (χ2n) is 5.33. The van der Waals surface area contributed by atoms with E-state index in [9.17, 15) is 13.2 Å². The molecular formula is C13H26N2O5S. The number of piperazine rings is 1. The van der Waals surface area contributed by atoms with Crippen molar-refractivity contribution in [1.29, 1.82) is 0 Å². The Labute approximate surface area is 127 Å². The third kappa shape index (κ3) is 7.10. The van der Waals surface area contributed by atoms with E-state index in [2.05, 4.69) is 4.90 Å². The van der Waals surface area contributed by atoms with Gasteiger partial charge in [0.05, 0.1) is 19.5 Å². The quantitative estimate of drug-likeness (QED) is 0.512. The first-order valence-corrected chi connectivity index (χ1v) is 9.15. The van der Waals surface area contributed by atoms with Crippen LogP contribution in [-0.4, -0.2) is 76.0 Å². The highest BCUT2D eigenvalue weighted by atomic mass is 32.2. The average molecular weight is 322 g/mol. The van der Waals surface area contributed by atoms with Gasteiger partial charge in [-0.1, -0.05) is 13.3 Å². The second-order valence-corrected chi connectivity index (χ2v) is 6.97. The van der Waals surface area contributed by atoms with Crippen molar-refractivity contribution < 1.29 is 22.1 Å². The molecule has 0 bridgehead atoms. The predicted molar refractivity (Wildman–Crippen MR) is 79.7 cm³/mol. The minimum atomic E-state index is -3.41. The summed E-state index contributed by atoms with van der Waals surface area (Å²) in [6.07, 6.45) is 2.66. The van der Waals surface area contributed by atoms with E-state index in [0.717, 1.165) is 19.1 Å². The van der Waals surface area contributed by atoms with Crippen molar-refractivity contribution in [3.05, 3.63) is 0 Å². The van der Waals surface area contributed by atoms with Gasteiger partial charge < -0.3 is 9.64 Å². The minimum Gasteiger partial charge on any atom is -0.449 e. The zero-order valence-electron chi connectivity index (χ0n) is 13.1. The van der Waals surface area contributed by atoms with E-state index in [-0.39, 0.29) is 18.7 Å². The number of unbranched alkanes of at least 4 members (excludes halogenated alkanes) is 1. The molecule has 1 atom stereocenters. The Morgan fingerprint density at radius 2 is 1.86 bits per heavy atom. The van der Waals surface area contributed by atoms with Crippen LogP contribution >= 0.6 is 0 Å². The largest absolute Gasteiger partial charge is 0.449 e. The molecule has 1 amide bonds. The maximum Gasteiger partial charge on any atom is 0.409 e. The molecule has 1 fully saturated rings. The van der Waals surface area contributed by atoms with E-state index in [1.54, 1.807) is 4.90 Å². The summed E-state index contributed by atoms with van der Waals surface area (Å²) in [7, 11) is -3.41. The summed E-state index contributed by atoms with van der Waals surface area (Å²) in [5.74, 6) is 0. The Hall–Kier alpha value is -0.860. The number of rotatable bonds is 7. The van der Waals surface area contributed by atoms with Crippen LogP contribution in [0.4, 0.5) is 4.79 Å². The Morgan fingerprint density at radius 1 is 1.24 bits per heavy atom. The molecule has 0 aromatic carbocycles. The Morgan fingerprint density at radius 3 is 2.38 bits per heavy atom. The number of carbonyl (C=O) groups is 1. The van der Waals surface area contributed by atoms with Crippen molar-refractivity contribution in [2.24, 2.45) is 0 Å². The van der Waals surface area contributed by atoms with Crippen LogP contribution in [-0.2, 0) is 19.0 Å². The molecule has 0 radical (unpaired) electrons. The number of hydrogen-bond acceptors (Lipinski definition) is 6. The normalized spacial score (nSPS) is 18.5. The molecule has 7 nitrogen and oxygen atoms in total. The van der Waals surface area contributed by atoms with E-state index < -0.39 is 10.1 Å². The summed E-state index contributed by atoms with van der Waals surface area (Å²) in [5.41, 5.74) is 0. The minimum absolute atomic E-state index is 0.00186. The molecule has 124 valence electrons. The zero-order valence-corrected chi connectivity index (χ0v) is 13.9. The smallest absolute Gasteiger partial charge is 0.409 e. The van der Waals surface area contributed by atoms with Crippen LogP contribution in [0.1, 0.15) is 26.7 Å². The molecular weight excluding hydrogens is 296 g/mol.